The van der Waals surface area contributed by atoms with Crippen LogP contribution in [0.3, 0.4) is 0 Å². The van der Waals surface area contributed by atoms with Gasteiger partial charge in [0.2, 0.25) is 5.95 Å². The SMILES string of the molecule is Cn1c2ccccc2c2ccc3c4ccccc4n(-c4ccc5c(c4)c4cc(-n6c7ccccc7c7ccc8c9ccccc9n(-c9ccccc9)c8c76)ccc4n5-c4nc(-c5ccccc5)nc(-c5ccccc5)n4)c3c21. The quantitative estimate of drug-likeness (QED) is 0.167. The number of hydrogen-bond donors (Lipinski definition) is 0. The maximum atomic E-state index is 5.36. The number of benzene rings is 11. The highest BCUT2D eigenvalue weighted by Crippen LogP contribution is 2.45. The summed E-state index contributed by atoms with van der Waals surface area (Å²) in [7, 11) is 2.20. The summed E-state index contributed by atoms with van der Waals surface area (Å²) in [5.74, 6) is 1.76. The van der Waals surface area contributed by atoms with Gasteiger partial charge in [-0.05, 0) is 72.8 Å². The first-order chi connectivity index (χ1) is 38.6. The molecule has 11 aromatic carbocycles. The summed E-state index contributed by atoms with van der Waals surface area (Å²) in [6.07, 6.45) is 0. The fourth-order valence-corrected chi connectivity index (χ4v) is 13.0. The van der Waals surface area contributed by atoms with Gasteiger partial charge in [-0.2, -0.15) is 9.97 Å². The Bertz CT molecular complexity index is 5270. The highest BCUT2D eigenvalue weighted by Gasteiger charge is 2.25. The maximum Gasteiger partial charge on any atom is 0.238 e. The molecule has 17 rings (SSSR count). The first-order valence-electron chi connectivity index (χ1n) is 26.5. The molecule has 364 valence electrons. The largest absolute Gasteiger partial charge is 0.342 e. The lowest BCUT2D eigenvalue weighted by Gasteiger charge is -2.13. The minimum Gasteiger partial charge on any atom is -0.342 e. The molecule has 0 atom stereocenters. The molecule has 6 aromatic heterocycles. The summed E-state index contributed by atoms with van der Waals surface area (Å²) in [5, 5.41) is 11.9. The van der Waals surface area contributed by atoms with Gasteiger partial charge in [0.05, 0.1) is 49.7 Å². The summed E-state index contributed by atoms with van der Waals surface area (Å²) in [4.78, 5) is 15.9. The number of nitrogens with zero attached hydrogens (tertiary/aromatic N) is 8. The van der Waals surface area contributed by atoms with Crippen LogP contribution in [-0.4, -0.2) is 37.8 Å². The molecule has 0 radical (unpaired) electrons. The van der Waals surface area contributed by atoms with Gasteiger partial charge in [0, 0.05) is 94.6 Å². The van der Waals surface area contributed by atoms with E-state index in [0.717, 1.165) is 66.5 Å². The second-order valence-electron chi connectivity index (χ2n) is 20.4. The number of aromatic nitrogens is 8. The second-order valence-corrected chi connectivity index (χ2v) is 20.4. The standard InChI is InChI=1S/C70H44N8/c1-74-58-29-15-11-25-48(58)52-35-36-53-49-26-13-17-31-60(49)76(65(53)64(52)74)46-33-39-62-56(41-46)57-42-47(34-40-63(57)78(62)70-72-68(43-19-5-2-6-20-43)71-69(73-70)44-21-7-3-8-22-44)77-61-32-18-14-28-51(61)55-38-37-54-50-27-12-16-30-59(50)75(66(54)67(55)77)45-23-9-4-10-24-45/h2-42H,1H3. The predicted octanol–water partition coefficient (Wildman–Crippen LogP) is 17.2. The minimum absolute atomic E-state index is 0.545. The summed E-state index contributed by atoms with van der Waals surface area (Å²) >= 11 is 0. The fourth-order valence-electron chi connectivity index (χ4n) is 13.0. The normalized spacial score (nSPS) is 12.2. The third kappa shape index (κ3) is 5.96. The molecular formula is C70H44N8. The Morgan fingerprint density at radius 1 is 0.244 bits per heavy atom. The zero-order valence-corrected chi connectivity index (χ0v) is 42.2. The van der Waals surface area contributed by atoms with Gasteiger partial charge in [0.1, 0.15) is 0 Å². The number of para-hydroxylation sites is 5. The average molecular weight is 997 g/mol. The van der Waals surface area contributed by atoms with Crippen LogP contribution in [0.2, 0.25) is 0 Å². The van der Waals surface area contributed by atoms with Gasteiger partial charge in [-0.25, -0.2) is 4.98 Å². The van der Waals surface area contributed by atoms with Crippen LogP contribution in [0.25, 0.3) is 155 Å². The van der Waals surface area contributed by atoms with E-state index in [0.29, 0.717) is 17.6 Å². The Balaban J connectivity index is 1.00. The zero-order valence-electron chi connectivity index (χ0n) is 42.2. The fraction of sp³-hybridized carbons (Fsp3) is 0.0143. The van der Waals surface area contributed by atoms with Gasteiger partial charge in [-0.3, -0.25) is 4.57 Å². The van der Waals surface area contributed by atoms with Crippen molar-refractivity contribution < 1.29 is 0 Å². The molecule has 0 spiro atoms. The monoisotopic (exact) mass is 996 g/mol. The Morgan fingerprint density at radius 3 is 1.05 bits per heavy atom. The summed E-state index contributed by atoms with van der Waals surface area (Å²) in [6.45, 7) is 0. The molecule has 0 N–H and O–H groups in total. The maximum absolute atomic E-state index is 5.36. The predicted molar refractivity (Wildman–Crippen MR) is 322 cm³/mol. The van der Waals surface area contributed by atoms with Crippen LogP contribution in [0.5, 0.6) is 0 Å². The zero-order chi connectivity index (χ0) is 51.2. The van der Waals surface area contributed by atoms with E-state index < -0.39 is 0 Å². The van der Waals surface area contributed by atoms with Gasteiger partial charge in [-0.15, -0.1) is 0 Å². The van der Waals surface area contributed by atoms with Crippen LogP contribution in [-0.2, 0) is 7.05 Å². The van der Waals surface area contributed by atoms with Crippen LogP contribution in [0.4, 0.5) is 0 Å². The van der Waals surface area contributed by atoms with Crippen molar-refractivity contribution in [1.82, 2.24) is 37.8 Å². The van der Waals surface area contributed by atoms with E-state index in [-0.39, 0.29) is 0 Å². The summed E-state index contributed by atoms with van der Waals surface area (Å²) in [6, 6.07) is 89.6. The number of fused-ring (bicyclic) bond motifs is 17. The minimum atomic E-state index is 0.545. The van der Waals surface area contributed by atoms with Gasteiger partial charge in [-0.1, -0.05) is 176 Å². The molecule has 0 aliphatic rings. The first-order valence-corrected chi connectivity index (χ1v) is 26.5. The molecule has 6 heterocycles. The topological polar surface area (TPSA) is 63.3 Å². The van der Waals surface area contributed by atoms with Crippen molar-refractivity contribution in [2.45, 2.75) is 0 Å². The van der Waals surface area contributed by atoms with Crippen LogP contribution in [0, 0.1) is 0 Å². The van der Waals surface area contributed by atoms with Crippen molar-refractivity contribution in [3.63, 3.8) is 0 Å². The summed E-state index contributed by atoms with van der Waals surface area (Å²) in [5.41, 5.74) is 16.4. The van der Waals surface area contributed by atoms with E-state index in [1.54, 1.807) is 0 Å². The van der Waals surface area contributed by atoms with Crippen molar-refractivity contribution in [3.05, 3.63) is 249 Å². The van der Waals surface area contributed by atoms with Crippen molar-refractivity contribution in [2.24, 2.45) is 7.05 Å². The second kappa shape index (κ2) is 16.2. The number of hydrogen-bond acceptors (Lipinski definition) is 3. The Labute approximate surface area is 446 Å². The third-order valence-electron chi connectivity index (χ3n) is 16.3. The average Bonchev–Trinajstić information content (AvgIpc) is 4.35. The smallest absolute Gasteiger partial charge is 0.238 e. The van der Waals surface area contributed by atoms with Crippen LogP contribution >= 0.6 is 0 Å². The lowest BCUT2D eigenvalue weighted by atomic mass is 10.1. The van der Waals surface area contributed by atoms with E-state index in [1.165, 1.54) is 70.7 Å². The van der Waals surface area contributed by atoms with E-state index in [9.17, 15) is 0 Å². The number of aryl methyl sites for hydroxylation is 1. The molecule has 8 nitrogen and oxygen atoms in total. The van der Waals surface area contributed by atoms with Crippen LogP contribution in [0.1, 0.15) is 0 Å². The molecular weight excluding hydrogens is 953 g/mol. The molecule has 0 aliphatic heterocycles. The van der Waals surface area contributed by atoms with E-state index in [4.69, 9.17) is 15.0 Å². The molecule has 78 heavy (non-hydrogen) atoms. The first kappa shape index (κ1) is 42.8. The van der Waals surface area contributed by atoms with E-state index in [2.05, 4.69) is 242 Å². The molecule has 17 aromatic rings. The van der Waals surface area contributed by atoms with E-state index >= 15 is 0 Å². The Morgan fingerprint density at radius 2 is 0.590 bits per heavy atom. The van der Waals surface area contributed by atoms with Crippen molar-refractivity contribution in [2.75, 3.05) is 0 Å². The van der Waals surface area contributed by atoms with E-state index in [1.807, 2.05) is 36.4 Å². The molecule has 8 heteroatoms. The van der Waals surface area contributed by atoms with Gasteiger partial charge in [0.15, 0.2) is 11.6 Å². The lowest BCUT2D eigenvalue weighted by Crippen LogP contribution is -2.06. The lowest BCUT2D eigenvalue weighted by molar-refractivity contribution is 0.953. The van der Waals surface area contributed by atoms with Crippen molar-refractivity contribution in [3.8, 4) is 45.8 Å². The van der Waals surface area contributed by atoms with Crippen LogP contribution < -0.4 is 0 Å². The van der Waals surface area contributed by atoms with Gasteiger partial charge in [0.25, 0.3) is 0 Å². The molecule has 0 unspecified atom stereocenters. The molecule has 0 bridgehead atoms. The third-order valence-corrected chi connectivity index (χ3v) is 16.3. The molecule has 0 saturated heterocycles. The molecule has 0 amide bonds. The summed E-state index contributed by atoms with van der Waals surface area (Å²) < 4.78 is 12.0. The molecule has 0 saturated carbocycles. The molecule has 0 fully saturated rings. The van der Waals surface area contributed by atoms with Gasteiger partial charge >= 0.3 is 0 Å². The Kier molecular flexibility index (Phi) is 8.89. The highest BCUT2D eigenvalue weighted by atomic mass is 15.2. The molecule has 0 aliphatic carbocycles. The Hall–Kier alpha value is -10.6. The van der Waals surface area contributed by atoms with Gasteiger partial charge < -0.3 is 18.3 Å². The van der Waals surface area contributed by atoms with Crippen molar-refractivity contribution in [1.29, 1.82) is 0 Å². The van der Waals surface area contributed by atoms with Crippen molar-refractivity contribution >= 4 is 109 Å². The number of rotatable bonds is 6. The highest BCUT2D eigenvalue weighted by molar-refractivity contribution is 6.25. The van der Waals surface area contributed by atoms with Crippen LogP contribution in [0.15, 0.2) is 249 Å².